The van der Waals surface area contributed by atoms with Crippen LogP contribution in [-0.4, -0.2) is 17.1 Å². The first-order valence-electron chi connectivity index (χ1n) is 6.99. The molecule has 110 valence electrons. The molecule has 0 aliphatic heterocycles. The first kappa shape index (κ1) is 14.9. The maximum atomic E-state index is 11.2. The number of aromatic carboxylic acids is 1. The first-order valence-corrected chi connectivity index (χ1v) is 6.99. The molecule has 4 N–H and O–H groups in total. The maximum Gasteiger partial charge on any atom is 0.337 e. The van der Waals surface area contributed by atoms with Crippen molar-refractivity contribution in [1.29, 1.82) is 0 Å². The Morgan fingerprint density at radius 1 is 1.24 bits per heavy atom. The number of rotatable bonds is 6. The number of nitrogens with one attached hydrogen (secondary N) is 1. The van der Waals surface area contributed by atoms with Gasteiger partial charge in [-0.15, -0.1) is 0 Å². The molecule has 0 amide bonds. The van der Waals surface area contributed by atoms with Crippen LogP contribution in [0, 0.1) is 0 Å². The Hall–Kier alpha value is -2.49. The number of carboxylic acid groups (broad SMARTS) is 1. The second-order valence-electron chi connectivity index (χ2n) is 5.18. The quantitative estimate of drug-likeness (QED) is 0.711. The Balaban J connectivity index is 1.99. The molecule has 0 saturated heterocycles. The van der Waals surface area contributed by atoms with E-state index in [1.807, 2.05) is 25.1 Å². The molecule has 1 unspecified atom stereocenters. The first-order chi connectivity index (χ1) is 10.1. The van der Waals surface area contributed by atoms with E-state index in [-0.39, 0.29) is 11.6 Å². The molecular weight excluding hydrogens is 264 g/mol. The predicted octanol–water partition coefficient (Wildman–Crippen LogP) is 3.40. The van der Waals surface area contributed by atoms with Crippen molar-refractivity contribution in [3.05, 3.63) is 59.7 Å². The fourth-order valence-corrected chi connectivity index (χ4v) is 2.23. The molecule has 0 aliphatic rings. The average Bonchev–Trinajstić information content (AvgIpc) is 2.48. The van der Waals surface area contributed by atoms with Crippen molar-refractivity contribution in [3.63, 3.8) is 0 Å². The molecule has 21 heavy (non-hydrogen) atoms. The Labute approximate surface area is 124 Å². The van der Waals surface area contributed by atoms with Gasteiger partial charge in [-0.3, -0.25) is 0 Å². The zero-order valence-electron chi connectivity index (χ0n) is 12.0. The number of carboxylic acids is 1. The van der Waals surface area contributed by atoms with Crippen LogP contribution < -0.4 is 11.1 Å². The fraction of sp³-hybridized carbons (Fsp3) is 0.235. The number of nitrogen functional groups attached to an aromatic ring is 1. The lowest BCUT2D eigenvalue weighted by atomic mass is 10.1. The smallest absolute Gasteiger partial charge is 0.337 e. The summed E-state index contributed by atoms with van der Waals surface area (Å²) in [5.41, 5.74) is 8.19. The number of nitrogens with two attached hydrogens (primary N) is 1. The normalized spacial score (nSPS) is 11.9. The summed E-state index contributed by atoms with van der Waals surface area (Å²) in [6.07, 6.45) is 1.87. The van der Waals surface area contributed by atoms with Crippen molar-refractivity contribution in [2.45, 2.75) is 25.8 Å². The number of hydrogen-bond donors (Lipinski definition) is 3. The van der Waals surface area contributed by atoms with E-state index in [4.69, 9.17) is 5.73 Å². The predicted molar refractivity (Wildman–Crippen MR) is 85.7 cm³/mol. The van der Waals surface area contributed by atoms with Gasteiger partial charge >= 0.3 is 5.97 Å². The second kappa shape index (κ2) is 6.79. The standard InChI is InChI=1S/C17H20N2O2/c1-12(7-8-13-5-3-2-4-6-13)19-16-10-9-14(18)11-15(16)17(20)21/h2-6,9-12,19H,7-8,18H2,1H3,(H,20,21). The molecule has 4 heteroatoms. The molecule has 2 rings (SSSR count). The van der Waals surface area contributed by atoms with E-state index in [0.717, 1.165) is 12.8 Å². The number of carbonyl (C=O) groups is 1. The second-order valence-corrected chi connectivity index (χ2v) is 5.18. The van der Waals surface area contributed by atoms with Gasteiger partial charge in [0.15, 0.2) is 0 Å². The highest BCUT2D eigenvalue weighted by atomic mass is 16.4. The van der Waals surface area contributed by atoms with E-state index in [2.05, 4.69) is 17.4 Å². The summed E-state index contributed by atoms with van der Waals surface area (Å²) in [6.45, 7) is 2.05. The summed E-state index contributed by atoms with van der Waals surface area (Å²) < 4.78 is 0. The molecule has 0 bridgehead atoms. The van der Waals surface area contributed by atoms with E-state index in [1.54, 1.807) is 12.1 Å². The molecule has 0 spiro atoms. The molecule has 0 heterocycles. The van der Waals surface area contributed by atoms with E-state index in [1.165, 1.54) is 11.6 Å². The molecule has 4 nitrogen and oxygen atoms in total. The van der Waals surface area contributed by atoms with Crippen LogP contribution in [0.2, 0.25) is 0 Å². The highest BCUT2D eigenvalue weighted by Gasteiger charge is 2.12. The van der Waals surface area contributed by atoms with Crippen molar-refractivity contribution in [3.8, 4) is 0 Å². The SMILES string of the molecule is CC(CCc1ccccc1)Nc1ccc(N)cc1C(=O)O. The Kier molecular flexibility index (Phi) is 4.82. The van der Waals surface area contributed by atoms with Crippen LogP contribution in [0.25, 0.3) is 0 Å². The molecule has 2 aromatic carbocycles. The van der Waals surface area contributed by atoms with Crippen molar-refractivity contribution in [1.82, 2.24) is 0 Å². The maximum absolute atomic E-state index is 11.2. The van der Waals surface area contributed by atoms with E-state index < -0.39 is 5.97 Å². The van der Waals surface area contributed by atoms with Crippen molar-refractivity contribution in [2.75, 3.05) is 11.1 Å². The molecule has 2 aromatic rings. The third kappa shape index (κ3) is 4.24. The van der Waals surface area contributed by atoms with Gasteiger partial charge in [-0.2, -0.15) is 0 Å². The van der Waals surface area contributed by atoms with Crippen LogP contribution in [0.4, 0.5) is 11.4 Å². The number of anilines is 2. The minimum Gasteiger partial charge on any atom is -0.478 e. The molecular formula is C17H20N2O2. The molecule has 0 radical (unpaired) electrons. The summed E-state index contributed by atoms with van der Waals surface area (Å²) in [6, 6.07) is 15.3. The van der Waals surface area contributed by atoms with Gasteiger partial charge in [0.25, 0.3) is 0 Å². The molecule has 0 saturated carbocycles. The fourth-order valence-electron chi connectivity index (χ4n) is 2.23. The monoisotopic (exact) mass is 284 g/mol. The molecule has 0 aromatic heterocycles. The lowest BCUT2D eigenvalue weighted by Gasteiger charge is -2.17. The zero-order valence-corrected chi connectivity index (χ0v) is 12.0. The summed E-state index contributed by atoms with van der Waals surface area (Å²) in [5, 5.41) is 12.5. The Morgan fingerprint density at radius 3 is 2.62 bits per heavy atom. The lowest BCUT2D eigenvalue weighted by Crippen LogP contribution is -2.18. The topological polar surface area (TPSA) is 75.3 Å². The van der Waals surface area contributed by atoms with E-state index in [0.29, 0.717) is 11.4 Å². The minimum absolute atomic E-state index is 0.173. The van der Waals surface area contributed by atoms with Gasteiger partial charge in [-0.1, -0.05) is 30.3 Å². The number of hydrogen-bond acceptors (Lipinski definition) is 3. The van der Waals surface area contributed by atoms with Crippen LogP contribution in [0.5, 0.6) is 0 Å². The molecule has 1 atom stereocenters. The van der Waals surface area contributed by atoms with Crippen LogP contribution >= 0.6 is 0 Å². The number of aryl methyl sites for hydroxylation is 1. The highest BCUT2D eigenvalue weighted by Crippen LogP contribution is 2.20. The van der Waals surface area contributed by atoms with Gasteiger partial charge in [0.1, 0.15) is 0 Å². The van der Waals surface area contributed by atoms with Gasteiger partial charge < -0.3 is 16.2 Å². The summed E-state index contributed by atoms with van der Waals surface area (Å²) in [7, 11) is 0. The number of benzene rings is 2. The highest BCUT2D eigenvalue weighted by molar-refractivity contribution is 5.95. The van der Waals surface area contributed by atoms with Crippen LogP contribution in [-0.2, 0) is 6.42 Å². The van der Waals surface area contributed by atoms with Crippen LogP contribution in [0.1, 0.15) is 29.3 Å². The van der Waals surface area contributed by atoms with Gasteiger partial charge in [-0.25, -0.2) is 4.79 Å². The van der Waals surface area contributed by atoms with Crippen molar-refractivity contribution in [2.24, 2.45) is 0 Å². The third-order valence-electron chi connectivity index (χ3n) is 3.38. The third-order valence-corrected chi connectivity index (χ3v) is 3.38. The van der Waals surface area contributed by atoms with Crippen molar-refractivity contribution >= 4 is 17.3 Å². The Bertz CT molecular complexity index is 611. The summed E-state index contributed by atoms with van der Waals surface area (Å²) in [5.74, 6) is -0.972. The average molecular weight is 284 g/mol. The van der Waals surface area contributed by atoms with Crippen LogP contribution in [0.3, 0.4) is 0 Å². The van der Waals surface area contributed by atoms with Crippen molar-refractivity contribution < 1.29 is 9.90 Å². The zero-order chi connectivity index (χ0) is 15.2. The Morgan fingerprint density at radius 2 is 1.95 bits per heavy atom. The van der Waals surface area contributed by atoms with Gasteiger partial charge in [0.05, 0.1) is 5.56 Å². The molecule has 0 aliphatic carbocycles. The summed E-state index contributed by atoms with van der Waals surface area (Å²) >= 11 is 0. The van der Waals surface area contributed by atoms with Gasteiger partial charge in [0.2, 0.25) is 0 Å². The van der Waals surface area contributed by atoms with Gasteiger partial charge in [-0.05, 0) is 43.5 Å². The lowest BCUT2D eigenvalue weighted by molar-refractivity contribution is 0.0698. The van der Waals surface area contributed by atoms with Crippen LogP contribution in [0.15, 0.2) is 48.5 Å². The summed E-state index contributed by atoms with van der Waals surface area (Å²) in [4.78, 5) is 11.2. The minimum atomic E-state index is -0.972. The van der Waals surface area contributed by atoms with Gasteiger partial charge in [0, 0.05) is 17.4 Å². The largest absolute Gasteiger partial charge is 0.478 e. The van der Waals surface area contributed by atoms with E-state index in [9.17, 15) is 9.90 Å². The molecule has 0 fully saturated rings. The van der Waals surface area contributed by atoms with E-state index >= 15 is 0 Å².